The van der Waals surface area contributed by atoms with Crippen molar-refractivity contribution < 1.29 is 4.92 Å². The molecule has 0 bridgehead atoms. The lowest BCUT2D eigenvalue weighted by molar-refractivity contribution is -0.380. The van der Waals surface area contributed by atoms with Gasteiger partial charge in [0.2, 0.25) is 0 Å². The minimum atomic E-state index is -0.383. The number of halogens is 2. The van der Waals surface area contributed by atoms with Crippen molar-refractivity contribution >= 4 is 49.6 Å². The molecule has 2 aromatic rings. The molecule has 18 heavy (non-hydrogen) atoms. The van der Waals surface area contributed by atoms with Crippen LogP contribution in [-0.2, 0) is 6.54 Å². The Balaban J connectivity index is 2.04. The SMILES string of the molecule is O=[N+]([O-])c1ccc(CNc2ccc(Cl)cc2Br)s1. The maximum Gasteiger partial charge on any atom is 0.324 e. The lowest BCUT2D eigenvalue weighted by atomic mass is 10.3. The zero-order chi connectivity index (χ0) is 13.1. The summed E-state index contributed by atoms with van der Waals surface area (Å²) in [5.74, 6) is 0. The molecule has 1 aromatic heterocycles. The Kier molecular flexibility index (Phi) is 4.21. The fraction of sp³-hybridized carbons (Fsp3) is 0.0909. The van der Waals surface area contributed by atoms with Crippen molar-refractivity contribution in [2.24, 2.45) is 0 Å². The lowest BCUT2D eigenvalue weighted by Gasteiger charge is -2.07. The lowest BCUT2D eigenvalue weighted by Crippen LogP contribution is -1.97. The van der Waals surface area contributed by atoms with E-state index in [2.05, 4.69) is 21.2 Å². The van der Waals surface area contributed by atoms with E-state index in [9.17, 15) is 10.1 Å². The molecule has 4 nitrogen and oxygen atoms in total. The summed E-state index contributed by atoms with van der Waals surface area (Å²) in [4.78, 5) is 11.1. The molecule has 0 amide bonds. The van der Waals surface area contributed by atoms with Crippen LogP contribution >= 0.6 is 38.9 Å². The molecule has 0 aliphatic carbocycles. The standard InChI is InChI=1S/C11H8BrClN2O2S/c12-9-5-7(13)1-3-10(9)14-6-8-2-4-11(18-8)15(16)17/h1-5,14H,6H2. The van der Waals surface area contributed by atoms with E-state index in [-0.39, 0.29) is 9.92 Å². The molecule has 0 radical (unpaired) electrons. The van der Waals surface area contributed by atoms with Crippen LogP contribution in [0.4, 0.5) is 10.7 Å². The van der Waals surface area contributed by atoms with Crippen LogP contribution in [-0.4, -0.2) is 4.92 Å². The highest BCUT2D eigenvalue weighted by Gasteiger charge is 2.09. The van der Waals surface area contributed by atoms with E-state index >= 15 is 0 Å². The largest absolute Gasteiger partial charge is 0.379 e. The van der Waals surface area contributed by atoms with Gasteiger partial charge in [0.25, 0.3) is 0 Å². The smallest absolute Gasteiger partial charge is 0.324 e. The van der Waals surface area contributed by atoms with Crippen molar-refractivity contribution in [1.29, 1.82) is 0 Å². The molecule has 0 saturated carbocycles. The molecular weight excluding hydrogens is 340 g/mol. The van der Waals surface area contributed by atoms with Crippen LogP contribution in [0.1, 0.15) is 4.88 Å². The van der Waals surface area contributed by atoms with Crippen molar-refractivity contribution in [3.05, 3.63) is 54.8 Å². The van der Waals surface area contributed by atoms with E-state index in [1.807, 2.05) is 6.07 Å². The van der Waals surface area contributed by atoms with Gasteiger partial charge in [0.15, 0.2) is 0 Å². The number of nitrogens with one attached hydrogen (secondary N) is 1. The molecule has 0 saturated heterocycles. The molecule has 1 N–H and O–H groups in total. The van der Waals surface area contributed by atoms with Crippen molar-refractivity contribution in [1.82, 2.24) is 0 Å². The number of thiophene rings is 1. The van der Waals surface area contributed by atoms with Crippen LogP contribution in [0.2, 0.25) is 5.02 Å². The number of anilines is 1. The average molecular weight is 348 g/mol. The van der Waals surface area contributed by atoms with Crippen LogP contribution in [0.25, 0.3) is 0 Å². The summed E-state index contributed by atoms with van der Waals surface area (Å²) in [6, 6.07) is 8.69. The Morgan fingerprint density at radius 3 is 2.78 bits per heavy atom. The molecule has 1 heterocycles. The number of hydrogen-bond donors (Lipinski definition) is 1. The molecule has 0 unspecified atom stereocenters. The molecule has 0 aliphatic rings. The van der Waals surface area contributed by atoms with E-state index in [4.69, 9.17) is 11.6 Å². The van der Waals surface area contributed by atoms with Crippen LogP contribution in [0.3, 0.4) is 0 Å². The predicted octanol–water partition coefficient (Wildman–Crippen LogP) is 4.68. The molecular formula is C11H8BrClN2O2S. The van der Waals surface area contributed by atoms with Crippen molar-refractivity contribution in [3.8, 4) is 0 Å². The first-order chi connectivity index (χ1) is 8.56. The second kappa shape index (κ2) is 5.69. The summed E-state index contributed by atoms with van der Waals surface area (Å²) in [6.07, 6.45) is 0. The first kappa shape index (κ1) is 13.3. The summed E-state index contributed by atoms with van der Waals surface area (Å²) in [6.45, 7) is 0.540. The summed E-state index contributed by atoms with van der Waals surface area (Å²) < 4.78 is 0.862. The van der Waals surface area contributed by atoms with Crippen LogP contribution in [0, 0.1) is 10.1 Å². The maximum atomic E-state index is 10.6. The van der Waals surface area contributed by atoms with E-state index < -0.39 is 0 Å². The van der Waals surface area contributed by atoms with Gasteiger partial charge in [-0.05, 0) is 40.2 Å². The van der Waals surface area contributed by atoms with Gasteiger partial charge in [-0.15, -0.1) is 0 Å². The maximum absolute atomic E-state index is 10.6. The zero-order valence-corrected chi connectivity index (χ0v) is 12.2. The fourth-order valence-electron chi connectivity index (χ4n) is 1.37. The second-order valence-corrected chi connectivity index (χ2v) is 5.91. The minimum Gasteiger partial charge on any atom is -0.379 e. The summed E-state index contributed by atoms with van der Waals surface area (Å²) >= 11 is 10.4. The number of nitrogens with zero attached hydrogens (tertiary/aromatic N) is 1. The van der Waals surface area contributed by atoms with E-state index in [0.717, 1.165) is 15.0 Å². The molecule has 7 heteroatoms. The molecule has 0 fully saturated rings. The predicted molar refractivity (Wildman–Crippen MR) is 77.5 cm³/mol. The molecule has 0 atom stereocenters. The Hall–Kier alpha value is -1.11. The van der Waals surface area contributed by atoms with Gasteiger partial charge in [-0.25, -0.2) is 0 Å². The first-order valence-corrected chi connectivity index (χ1v) is 6.97. The zero-order valence-electron chi connectivity index (χ0n) is 9.02. The number of benzene rings is 1. The van der Waals surface area contributed by atoms with Gasteiger partial charge < -0.3 is 5.32 Å². The van der Waals surface area contributed by atoms with Gasteiger partial charge in [-0.2, -0.15) is 0 Å². The van der Waals surface area contributed by atoms with Crippen LogP contribution in [0.5, 0.6) is 0 Å². The van der Waals surface area contributed by atoms with Gasteiger partial charge in [0, 0.05) is 32.7 Å². The Morgan fingerprint density at radius 1 is 1.39 bits per heavy atom. The average Bonchev–Trinajstić information content (AvgIpc) is 2.76. The van der Waals surface area contributed by atoms with Gasteiger partial charge >= 0.3 is 5.00 Å². The van der Waals surface area contributed by atoms with Crippen molar-refractivity contribution in [2.75, 3.05) is 5.32 Å². The van der Waals surface area contributed by atoms with E-state index in [0.29, 0.717) is 11.6 Å². The van der Waals surface area contributed by atoms with Crippen molar-refractivity contribution in [2.45, 2.75) is 6.54 Å². The summed E-state index contributed by atoms with van der Waals surface area (Å²) in [5.41, 5.74) is 0.899. The molecule has 2 rings (SSSR count). The van der Waals surface area contributed by atoms with Crippen LogP contribution in [0.15, 0.2) is 34.8 Å². The van der Waals surface area contributed by atoms with E-state index in [1.165, 1.54) is 17.4 Å². The Morgan fingerprint density at radius 2 is 2.17 bits per heavy atom. The van der Waals surface area contributed by atoms with Gasteiger partial charge in [-0.3, -0.25) is 10.1 Å². The van der Waals surface area contributed by atoms with Crippen molar-refractivity contribution in [3.63, 3.8) is 0 Å². The summed E-state index contributed by atoms with van der Waals surface area (Å²) in [5, 5.41) is 14.6. The molecule has 0 aliphatic heterocycles. The third kappa shape index (κ3) is 3.22. The van der Waals surface area contributed by atoms with E-state index in [1.54, 1.807) is 18.2 Å². The van der Waals surface area contributed by atoms with Gasteiger partial charge in [0.1, 0.15) is 0 Å². The quantitative estimate of drug-likeness (QED) is 0.645. The number of rotatable bonds is 4. The summed E-state index contributed by atoms with van der Waals surface area (Å²) in [7, 11) is 0. The highest BCUT2D eigenvalue weighted by atomic mass is 79.9. The first-order valence-electron chi connectivity index (χ1n) is 4.98. The molecule has 1 aromatic carbocycles. The highest BCUT2D eigenvalue weighted by molar-refractivity contribution is 9.10. The minimum absolute atomic E-state index is 0.155. The van der Waals surface area contributed by atoms with Gasteiger partial charge in [0.05, 0.1) is 4.92 Å². The number of hydrogen-bond acceptors (Lipinski definition) is 4. The third-order valence-electron chi connectivity index (χ3n) is 2.21. The second-order valence-electron chi connectivity index (χ2n) is 3.47. The fourth-order valence-corrected chi connectivity index (χ4v) is 2.96. The Bertz CT molecular complexity index is 588. The molecule has 94 valence electrons. The normalized spacial score (nSPS) is 10.3. The number of nitro groups is 1. The topological polar surface area (TPSA) is 55.2 Å². The highest BCUT2D eigenvalue weighted by Crippen LogP contribution is 2.28. The molecule has 0 spiro atoms. The Labute approximate surface area is 121 Å². The monoisotopic (exact) mass is 346 g/mol. The van der Waals surface area contributed by atoms with Crippen LogP contribution < -0.4 is 5.32 Å². The third-order valence-corrected chi connectivity index (χ3v) is 4.14. The van der Waals surface area contributed by atoms with Gasteiger partial charge in [-0.1, -0.05) is 22.9 Å².